The Morgan fingerprint density at radius 3 is 2.62 bits per heavy atom. The summed E-state index contributed by atoms with van der Waals surface area (Å²) >= 11 is 11.8. The van der Waals surface area contributed by atoms with E-state index in [1.807, 2.05) is 13.8 Å². The number of phenolic OH excluding ortho intramolecular Hbond substituents is 1. The van der Waals surface area contributed by atoms with Gasteiger partial charge in [0.2, 0.25) is 0 Å². The van der Waals surface area contributed by atoms with Crippen LogP contribution in [0.15, 0.2) is 24.4 Å². The first-order valence-electron chi connectivity index (χ1n) is 6.20. The molecule has 2 rings (SSSR count). The Morgan fingerprint density at radius 1 is 1.29 bits per heavy atom. The SMILES string of the molecule is CC(C)c1ncc(Cl)c(C(=O)Nc2ccc(O)c(Cl)c2)n1. The first kappa shape index (κ1) is 15.5. The highest BCUT2D eigenvalue weighted by molar-refractivity contribution is 6.34. The Hall–Kier alpha value is -1.85. The topological polar surface area (TPSA) is 75.1 Å². The molecule has 0 spiro atoms. The molecule has 2 aromatic rings. The zero-order valence-corrected chi connectivity index (χ0v) is 12.9. The second-order valence-electron chi connectivity index (χ2n) is 4.70. The Morgan fingerprint density at radius 2 is 2.00 bits per heavy atom. The number of carbonyl (C=O) groups excluding carboxylic acids is 1. The normalized spacial score (nSPS) is 10.7. The molecule has 5 nitrogen and oxygen atoms in total. The van der Waals surface area contributed by atoms with Gasteiger partial charge >= 0.3 is 0 Å². The fourth-order valence-corrected chi connectivity index (χ4v) is 1.95. The van der Waals surface area contributed by atoms with E-state index in [1.165, 1.54) is 24.4 Å². The molecule has 2 N–H and O–H groups in total. The fourth-order valence-electron chi connectivity index (χ4n) is 1.59. The highest BCUT2D eigenvalue weighted by Gasteiger charge is 2.16. The van der Waals surface area contributed by atoms with Crippen LogP contribution in [0.1, 0.15) is 36.1 Å². The lowest BCUT2D eigenvalue weighted by atomic mass is 10.2. The van der Waals surface area contributed by atoms with Crippen molar-refractivity contribution in [1.82, 2.24) is 9.97 Å². The Balaban J connectivity index is 2.27. The Kier molecular flexibility index (Phi) is 4.65. The molecular weight excluding hydrogens is 313 g/mol. The van der Waals surface area contributed by atoms with E-state index >= 15 is 0 Å². The number of amides is 1. The van der Waals surface area contributed by atoms with Gasteiger partial charge in [0.1, 0.15) is 11.6 Å². The predicted molar refractivity (Wildman–Crippen MR) is 82.2 cm³/mol. The third-order valence-corrected chi connectivity index (χ3v) is 3.28. The summed E-state index contributed by atoms with van der Waals surface area (Å²) < 4.78 is 0. The molecule has 0 aliphatic carbocycles. The number of benzene rings is 1. The van der Waals surface area contributed by atoms with Crippen molar-refractivity contribution < 1.29 is 9.90 Å². The van der Waals surface area contributed by atoms with E-state index in [2.05, 4.69) is 15.3 Å². The number of nitrogens with zero attached hydrogens (tertiary/aromatic N) is 2. The van der Waals surface area contributed by atoms with Gasteiger partial charge in [-0.05, 0) is 18.2 Å². The van der Waals surface area contributed by atoms with Gasteiger partial charge in [0, 0.05) is 11.6 Å². The summed E-state index contributed by atoms with van der Waals surface area (Å²) in [6.07, 6.45) is 1.41. The van der Waals surface area contributed by atoms with Gasteiger partial charge in [-0.25, -0.2) is 9.97 Å². The zero-order valence-electron chi connectivity index (χ0n) is 11.4. The van der Waals surface area contributed by atoms with Crippen LogP contribution in [0.25, 0.3) is 0 Å². The van der Waals surface area contributed by atoms with Gasteiger partial charge in [0.25, 0.3) is 5.91 Å². The van der Waals surface area contributed by atoms with Gasteiger partial charge < -0.3 is 10.4 Å². The second-order valence-corrected chi connectivity index (χ2v) is 5.51. The van der Waals surface area contributed by atoms with Crippen LogP contribution in [0.3, 0.4) is 0 Å². The molecule has 0 radical (unpaired) electrons. The molecule has 1 aromatic heterocycles. The minimum absolute atomic E-state index is 0.0585. The summed E-state index contributed by atoms with van der Waals surface area (Å²) in [6.45, 7) is 3.84. The number of hydrogen-bond acceptors (Lipinski definition) is 4. The van der Waals surface area contributed by atoms with Gasteiger partial charge in [-0.3, -0.25) is 4.79 Å². The average Bonchev–Trinajstić information content (AvgIpc) is 2.43. The third-order valence-electron chi connectivity index (χ3n) is 2.70. The molecule has 7 heteroatoms. The van der Waals surface area contributed by atoms with E-state index in [9.17, 15) is 9.90 Å². The Bertz CT molecular complexity index is 690. The van der Waals surface area contributed by atoms with Crippen molar-refractivity contribution in [2.75, 3.05) is 5.32 Å². The van der Waals surface area contributed by atoms with E-state index in [0.717, 1.165) is 0 Å². The smallest absolute Gasteiger partial charge is 0.275 e. The van der Waals surface area contributed by atoms with E-state index < -0.39 is 5.91 Å². The molecule has 1 amide bonds. The van der Waals surface area contributed by atoms with Crippen LogP contribution < -0.4 is 5.32 Å². The maximum atomic E-state index is 12.2. The van der Waals surface area contributed by atoms with Gasteiger partial charge in [-0.15, -0.1) is 0 Å². The first-order chi connectivity index (χ1) is 9.88. The molecule has 1 aromatic carbocycles. The van der Waals surface area contributed by atoms with Crippen LogP contribution in [-0.2, 0) is 0 Å². The molecule has 0 atom stereocenters. The quantitative estimate of drug-likeness (QED) is 0.840. The van der Waals surface area contributed by atoms with Crippen LogP contribution >= 0.6 is 23.2 Å². The maximum absolute atomic E-state index is 12.2. The number of aromatic nitrogens is 2. The molecule has 0 fully saturated rings. The van der Waals surface area contributed by atoms with E-state index in [-0.39, 0.29) is 27.4 Å². The summed E-state index contributed by atoms with van der Waals surface area (Å²) in [4.78, 5) is 20.5. The lowest BCUT2D eigenvalue weighted by molar-refractivity contribution is 0.102. The van der Waals surface area contributed by atoms with Crippen LogP contribution in [0.5, 0.6) is 5.75 Å². The minimum Gasteiger partial charge on any atom is -0.506 e. The molecule has 0 bridgehead atoms. The number of hydrogen-bond donors (Lipinski definition) is 2. The highest BCUT2D eigenvalue weighted by atomic mass is 35.5. The summed E-state index contributed by atoms with van der Waals surface area (Å²) in [5.74, 6) is 0.0908. The first-order valence-corrected chi connectivity index (χ1v) is 6.96. The molecule has 0 saturated heterocycles. The van der Waals surface area contributed by atoms with Crippen molar-refractivity contribution in [1.29, 1.82) is 0 Å². The number of aromatic hydroxyl groups is 1. The standard InChI is InChI=1S/C14H13Cl2N3O2/c1-7(2)13-17-6-10(16)12(19-13)14(21)18-8-3-4-11(20)9(15)5-8/h3-7,20H,1-2H3,(H,18,21). The summed E-state index contributed by atoms with van der Waals surface area (Å²) in [5.41, 5.74) is 0.531. The van der Waals surface area contributed by atoms with Crippen molar-refractivity contribution in [3.63, 3.8) is 0 Å². The monoisotopic (exact) mass is 325 g/mol. The fraction of sp³-hybridized carbons (Fsp3) is 0.214. The summed E-state index contributed by atoms with van der Waals surface area (Å²) in [6, 6.07) is 4.35. The number of rotatable bonds is 3. The van der Waals surface area contributed by atoms with E-state index in [1.54, 1.807) is 0 Å². The zero-order chi connectivity index (χ0) is 15.6. The molecule has 21 heavy (non-hydrogen) atoms. The van der Waals surface area contributed by atoms with Gasteiger partial charge in [-0.1, -0.05) is 37.0 Å². The molecule has 0 unspecified atom stereocenters. The van der Waals surface area contributed by atoms with Crippen molar-refractivity contribution in [3.8, 4) is 5.75 Å². The lowest BCUT2D eigenvalue weighted by Crippen LogP contribution is -2.16. The maximum Gasteiger partial charge on any atom is 0.275 e. The van der Waals surface area contributed by atoms with Crippen LogP contribution in [0.4, 0.5) is 5.69 Å². The number of nitrogens with one attached hydrogen (secondary N) is 1. The van der Waals surface area contributed by atoms with Crippen molar-refractivity contribution in [2.45, 2.75) is 19.8 Å². The van der Waals surface area contributed by atoms with Gasteiger partial charge in [0.05, 0.1) is 16.2 Å². The number of phenols is 1. The molecule has 1 heterocycles. The van der Waals surface area contributed by atoms with Crippen molar-refractivity contribution >= 4 is 34.8 Å². The highest BCUT2D eigenvalue weighted by Crippen LogP contribution is 2.26. The van der Waals surface area contributed by atoms with E-state index in [0.29, 0.717) is 11.5 Å². The minimum atomic E-state index is -0.467. The van der Waals surface area contributed by atoms with Gasteiger partial charge in [-0.2, -0.15) is 0 Å². The summed E-state index contributed by atoms with van der Waals surface area (Å²) in [5, 5.41) is 12.3. The average molecular weight is 326 g/mol. The van der Waals surface area contributed by atoms with Crippen molar-refractivity contribution in [2.24, 2.45) is 0 Å². The largest absolute Gasteiger partial charge is 0.506 e. The second kappa shape index (κ2) is 6.28. The predicted octanol–water partition coefficient (Wildman–Crippen LogP) is 3.86. The van der Waals surface area contributed by atoms with Crippen LogP contribution in [0.2, 0.25) is 10.0 Å². The van der Waals surface area contributed by atoms with Gasteiger partial charge in [0.15, 0.2) is 5.69 Å². The molecule has 110 valence electrons. The van der Waals surface area contributed by atoms with Crippen LogP contribution in [0, 0.1) is 0 Å². The number of anilines is 1. The molecule has 0 aliphatic rings. The number of carbonyl (C=O) groups is 1. The van der Waals surface area contributed by atoms with E-state index in [4.69, 9.17) is 23.2 Å². The molecule has 0 aliphatic heterocycles. The van der Waals surface area contributed by atoms with Crippen molar-refractivity contribution in [3.05, 3.63) is 46.0 Å². The third kappa shape index (κ3) is 3.62. The Labute approximate surface area is 131 Å². The summed E-state index contributed by atoms with van der Waals surface area (Å²) in [7, 11) is 0. The molecule has 0 saturated carbocycles. The van der Waals surface area contributed by atoms with Crippen LogP contribution in [-0.4, -0.2) is 21.0 Å². The number of halogens is 2. The lowest BCUT2D eigenvalue weighted by Gasteiger charge is -2.09. The molecular formula is C14H13Cl2N3O2.